The van der Waals surface area contributed by atoms with Gasteiger partial charge in [-0.1, -0.05) is 18.2 Å². The molecule has 0 aromatic heterocycles. The minimum absolute atomic E-state index is 0.190. The van der Waals surface area contributed by atoms with Gasteiger partial charge >= 0.3 is 12.0 Å². The number of urea groups is 1. The second kappa shape index (κ2) is 7.59. The van der Waals surface area contributed by atoms with E-state index in [1.54, 1.807) is 13.8 Å². The molecule has 1 aliphatic heterocycles. The van der Waals surface area contributed by atoms with Crippen LogP contribution in [0.1, 0.15) is 51.1 Å². The summed E-state index contributed by atoms with van der Waals surface area (Å²) >= 11 is 0. The first-order valence-electron chi connectivity index (χ1n) is 8.81. The molecule has 6 heteroatoms. The van der Waals surface area contributed by atoms with Crippen LogP contribution in [0.2, 0.25) is 0 Å². The molecule has 1 fully saturated rings. The largest absolute Gasteiger partial charge is 0.490 e. The lowest BCUT2D eigenvalue weighted by atomic mass is 9.94. The molecule has 25 heavy (non-hydrogen) atoms. The third kappa shape index (κ3) is 3.78. The molecule has 0 unspecified atom stereocenters. The van der Waals surface area contributed by atoms with Gasteiger partial charge in [0.2, 0.25) is 0 Å². The Bertz CT molecular complexity index is 692. The van der Waals surface area contributed by atoms with Gasteiger partial charge in [0, 0.05) is 11.3 Å². The number of benzene rings is 1. The van der Waals surface area contributed by atoms with E-state index in [0.717, 1.165) is 18.4 Å². The lowest BCUT2D eigenvalue weighted by Gasteiger charge is -2.29. The number of esters is 1. The molecule has 134 valence electrons. The van der Waals surface area contributed by atoms with E-state index in [1.165, 1.54) is 12.8 Å². The maximum absolute atomic E-state index is 12.4. The number of amides is 2. The molecule has 1 aromatic rings. The molecule has 0 saturated heterocycles. The Hall–Kier alpha value is -2.50. The summed E-state index contributed by atoms with van der Waals surface area (Å²) in [5.74, 6) is 0.268. The average molecular weight is 344 g/mol. The van der Waals surface area contributed by atoms with Crippen LogP contribution in [0.3, 0.4) is 0 Å². The first kappa shape index (κ1) is 17.3. The zero-order valence-corrected chi connectivity index (χ0v) is 14.6. The number of rotatable bonds is 5. The summed E-state index contributed by atoms with van der Waals surface area (Å²) in [7, 11) is 0. The first-order chi connectivity index (χ1) is 12.1. The summed E-state index contributed by atoms with van der Waals surface area (Å²) in [6.45, 7) is 3.74. The van der Waals surface area contributed by atoms with Gasteiger partial charge in [-0.2, -0.15) is 0 Å². The Labute approximate surface area is 147 Å². The predicted molar refractivity (Wildman–Crippen MR) is 93.1 cm³/mol. The van der Waals surface area contributed by atoms with Gasteiger partial charge in [0.25, 0.3) is 0 Å². The van der Waals surface area contributed by atoms with E-state index in [4.69, 9.17) is 9.47 Å². The van der Waals surface area contributed by atoms with E-state index in [0.29, 0.717) is 17.0 Å². The Morgan fingerprint density at radius 2 is 1.96 bits per heavy atom. The second-order valence-electron chi connectivity index (χ2n) is 6.35. The molecule has 1 saturated carbocycles. The minimum atomic E-state index is -0.592. The third-order valence-electron chi connectivity index (χ3n) is 4.59. The molecular weight excluding hydrogens is 320 g/mol. The van der Waals surface area contributed by atoms with Crippen LogP contribution in [-0.4, -0.2) is 24.7 Å². The van der Waals surface area contributed by atoms with Gasteiger partial charge in [-0.05, 0) is 45.6 Å². The van der Waals surface area contributed by atoms with Crippen molar-refractivity contribution in [3.63, 3.8) is 0 Å². The molecule has 0 radical (unpaired) electrons. The van der Waals surface area contributed by atoms with Gasteiger partial charge in [0.15, 0.2) is 0 Å². The monoisotopic (exact) mass is 344 g/mol. The maximum Gasteiger partial charge on any atom is 0.338 e. The summed E-state index contributed by atoms with van der Waals surface area (Å²) in [5.41, 5.74) is 1.68. The van der Waals surface area contributed by atoms with Gasteiger partial charge in [-0.3, -0.25) is 0 Å². The zero-order valence-electron chi connectivity index (χ0n) is 14.6. The van der Waals surface area contributed by atoms with Gasteiger partial charge in [0.05, 0.1) is 24.3 Å². The van der Waals surface area contributed by atoms with E-state index >= 15 is 0 Å². The normalized spacial score (nSPS) is 20.9. The fraction of sp³-hybridized carbons (Fsp3) is 0.474. The standard InChI is InChI=1S/C19H24N2O4/c1-3-24-18(22)16-12(2)20-19(23)21-17(16)14-10-6-7-11-15(14)25-13-8-4-5-9-13/h6-7,10-11,13,17H,3-5,8-9H2,1-2H3,(H2,20,21,23)/t17-/m1/s1. The van der Waals surface area contributed by atoms with Crippen LogP contribution in [0.5, 0.6) is 5.75 Å². The highest BCUT2D eigenvalue weighted by molar-refractivity contribution is 5.95. The SMILES string of the molecule is CCOC(=O)C1=C(C)NC(=O)N[C@@H]1c1ccccc1OC1CCCC1. The highest BCUT2D eigenvalue weighted by atomic mass is 16.5. The molecule has 0 bridgehead atoms. The number of para-hydroxylation sites is 1. The number of carbonyl (C=O) groups excluding carboxylic acids is 2. The summed E-state index contributed by atoms with van der Waals surface area (Å²) < 4.78 is 11.4. The van der Waals surface area contributed by atoms with Gasteiger partial charge in [-0.25, -0.2) is 9.59 Å². The molecule has 2 amide bonds. The van der Waals surface area contributed by atoms with E-state index in [1.807, 2.05) is 24.3 Å². The predicted octanol–water partition coefficient (Wildman–Crippen LogP) is 3.20. The lowest BCUT2D eigenvalue weighted by molar-refractivity contribution is -0.139. The summed E-state index contributed by atoms with van der Waals surface area (Å²) in [4.78, 5) is 24.4. The fourth-order valence-electron chi connectivity index (χ4n) is 3.42. The molecule has 2 N–H and O–H groups in total. The number of hydrogen-bond acceptors (Lipinski definition) is 4. The van der Waals surface area contributed by atoms with E-state index < -0.39 is 12.0 Å². The van der Waals surface area contributed by atoms with Crippen molar-refractivity contribution in [1.29, 1.82) is 0 Å². The topological polar surface area (TPSA) is 76.7 Å². The van der Waals surface area contributed by atoms with E-state index in [9.17, 15) is 9.59 Å². The Morgan fingerprint density at radius 3 is 2.68 bits per heavy atom. The van der Waals surface area contributed by atoms with Crippen LogP contribution in [0, 0.1) is 0 Å². The number of allylic oxidation sites excluding steroid dienone is 1. The molecule has 3 rings (SSSR count). The van der Waals surface area contributed by atoms with Gasteiger partial charge in [-0.15, -0.1) is 0 Å². The summed E-state index contributed by atoms with van der Waals surface area (Å²) in [6.07, 6.45) is 4.60. The Kier molecular flexibility index (Phi) is 5.26. The Balaban J connectivity index is 1.96. The first-order valence-corrected chi connectivity index (χ1v) is 8.81. The van der Waals surface area contributed by atoms with Crippen molar-refractivity contribution < 1.29 is 19.1 Å². The molecule has 1 atom stereocenters. The highest BCUT2D eigenvalue weighted by Crippen LogP contribution is 2.35. The van der Waals surface area contributed by atoms with E-state index in [-0.39, 0.29) is 18.7 Å². The van der Waals surface area contributed by atoms with Gasteiger partial charge < -0.3 is 20.1 Å². The van der Waals surface area contributed by atoms with Crippen molar-refractivity contribution in [2.75, 3.05) is 6.61 Å². The third-order valence-corrected chi connectivity index (χ3v) is 4.59. The Morgan fingerprint density at radius 1 is 1.24 bits per heavy atom. The van der Waals surface area contributed by atoms with Crippen LogP contribution in [0.4, 0.5) is 4.79 Å². The highest BCUT2D eigenvalue weighted by Gasteiger charge is 2.34. The zero-order chi connectivity index (χ0) is 17.8. The van der Waals surface area contributed by atoms with Crippen molar-refractivity contribution in [3.05, 3.63) is 41.1 Å². The second-order valence-corrected chi connectivity index (χ2v) is 6.35. The summed E-state index contributed by atoms with van der Waals surface area (Å²) in [5, 5.41) is 5.48. The molecule has 1 aliphatic carbocycles. The molecule has 6 nitrogen and oxygen atoms in total. The van der Waals surface area contributed by atoms with Crippen molar-refractivity contribution >= 4 is 12.0 Å². The maximum atomic E-state index is 12.4. The summed E-state index contributed by atoms with van der Waals surface area (Å²) in [6, 6.07) is 6.62. The van der Waals surface area contributed by atoms with Crippen molar-refractivity contribution in [1.82, 2.24) is 10.6 Å². The smallest absolute Gasteiger partial charge is 0.338 e. The molecule has 2 aliphatic rings. The van der Waals surface area contributed by atoms with Crippen molar-refractivity contribution in [2.24, 2.45) is 0 Å². The van der Waals surface area contributed by atoms with Crippen LogP contribution >= 0.6 is 0 Å². The average Bonchev–Trinajstić information content (AvgIpc) is 3.08. The molecule has 0 spiro atoms. The van der Waals surface area contributed by atoms with Crippen LogP contribution in [0.15, 0.2) is 35.5 Å². The van der Waals surface area contributed by atoms with Crippen molar-refractivity contribution in [3.8, 4) is 5.75 Å². The molecule has 1 aromatic carbocycles. The quantitative estimate of drug-likeness (QED) is 0.804. The van der Waals surface area contributed by atoms with Crippen LogP contribution < -0.4 is 15.4 Å². The van der Waals surface area contributed by atoms with Crippen molar-refractivity contribution in [2.45, 2.75) is 51.7 Å². The minimum Gasteiger partial charge on any atom is -0.490 e. The fourth-order valence-corrected chi connectivity index (χ4v) is 3.42. The number of ether oxygens (including phenoxy) is 2. The number of carbonyl (C=O) groups is 2. The van der Waals surface area contributed by atoms with Crippen LogP contribution in [-0.2, 0) is 9.53 Å². The van der Waals surface area contributed by atoms with Crippen LogP contribution in [0.25, 0.3) is 0 Å². The van der Waals surface area contributed by atoms with Gasteiger partial charge in [0.1, 0.15) is 5.75 Å². The lowest BCUT2D eigenvalue weighted by Crippen LogP contribution is -2.45. The molecular formula is C19H24N2O4. The number of nitrogens with one attached hydrogen (secondary N) is 2. The van der Waals surface area contributed by atoms with E-state index in [2.05, 4.69) is 10.6 Å². The molecule has 1 heterocycles. The number of hydrogen-bond donors (Lipinski definition) is 2.